The van der Waals surface area contributed by atoms with Crippen molar-refractivity contribution in [3.8, 4) is 0 Å². The first-order valence-electron chi connectivity index (χ1n) is 8.46. The van der Waals surface area contributed by atoms with Crippen LogP contribution < -0.4 is 0 Å². The zero-order valence-corrected chi connectivity index (χ0v) is 14.7. The van der Waals surface area contributed by atoms with Crippen LogP contribution in [0.25, 0.3) is 10.8 Å². The van der Waals surface area contributed by atoms with Crippen molar-refractivity contribution in [3.63, 3.8) is 0 Å². The molecule has 0 aliphatic carbocycles. The Kier molecular flexibility index (Phi) is 5.46. The minimum Gasteiger partial charge on any atom is -0.325 e. The van der Waals surface area contributed by atoms with E-state index in [-0.39, 0.29) is 5.54 Å². The van der Waals surface area contributed by atoms with E-state index in [2.05, 4.69) is 61.3 Å². The highest BCUT2D eigenvalue weighted by atomic mass is 17.2. The highest BCUT2D eigenvalue weighted by Crippen LogP contribution is 2.21. The number of nitrogens with zero attached hydrogens (tertiary/aromatic N) is 1. The highest BCUT2D eigenvalue weighted by Gasteiger charge is 2.16. The van der Waals surface area contributed by atoms with Crippen LogP contribution in [0.15, 0.2) is 77.8 Å². The summed E-state index contributed by atoms with van der Waals surface area (Å²) >= 11 is 0. The van der Waals surface area contributed by atoms with E-state index in [4.69, 9.17) is 9.78 Å². The van der Waals surface area contributed by atoms with Crippen molar-refractivity contribution in [2.75, 3.05) is 0 Å². The van der Waals surface area contributed by atoms with Crippen LogP contribution in [0, 0.1) is 0 Å². The molecule has 3 nitrogen and oxygen atoms in total. The smallest absolute Gasteiger partial charge is 0.215 e. The lowest BCUT2D eigenvalue weighted by atomic mass is 9.94. The molecule has 3 aromatic carbocycles. The molecule has 0 saturated heterocycles. The van der Waals surface area contributed by atoms with Crippen LogP contribution in [0.4, 0.5) is 0 Å². The minimum absolute atomic E-state index is 0.265. The summed E-state index contributed by atoms with van der Waals surface area (Å²) < 4.78 is 0. The van der Waals surface area contributed by atoms with Crippen LogP contribution in [-0.4, -0.2) is 11.9 Å². The maximum Gasteiger partial charge on any atom is 0.215 e. The molecule has 25 heavy (non-hydrogen) atoms. The van der Waals surface area contributed by atoms with Gasteiger partial charge in [0.2, 0.25) is 6.40 Å². The van der Waals surface area contributed by atoms with Crippen LogP contribution in [-0.2, 0) is 22.8 Å². The molecule has 0 spiro atoms. The van der Waals surface area contributed by atoms with Gasteiger partial charge in [-0.25, -0.2) is 4.99 Å². The first-order valence-corrected chi connectivity index (χ1v) is 8.46. The summed E-state index contributed by atoms with van der Waals surface area (Å²) in [5, 5.41) is 2.51. The average Bonchev–Trinajstić information content (AvgIpc) is 2.62. The SMILES string of the molecule is CC(C)(Cc1ccc2ccccc2c1)N=COOCc1ccccc1. The maximum atomic E-state index is 5.17. The Morgan fingerprint density at radius 3 is 2.36 bits per heavy atom. The molecular weight excluding hydrogens is 310 g/mol. The first kappa shape index (κ1) is 17.2. The van der Waals surface area contributed by atoms with E-state index in [0.29, 0.717) is 6.61 Å². The summed E-state index contributed by atoms with van der Waals surface area (Å²) in [6.07, 6.45) is 2.22. The van der Waals surface area contributed by atoms with Crippen molar-refractivity contribution in [1.29, 1.82) is 0 Å². The molecule has 0 atom stereocenters. The van der Waals surface area contributed by atoms with Crippen molar-refractivity contribution in [3.05, 3.63) is 83.9 Å². The van der Waals surface area contributed by atoms with E-state index in [1.807, 2.05) is 30.3 Å². The van der Waals surface area contributed by atoms with Gasteiger partial charge in [0, 0.05) is 0 Å². The van der Waals surface area contributed by atoms with Crippen LogP contribution >= 0.6 is 0 Å². The standard InChI is InChI=1S/C22H23NO2/c1-22(2,23-17-25-24-16-18-8-4-3-5-9-18)15-19-12-13-20-10-6-7-11-21(20)14-19/h3-14,17H,15-16H2,1-2H3. The molecule has 128 valence electrons. The number of benzene rings is 3. The molecule has 0 aliphatic rings. The largest absolute Gasteiger partial charge is 0.325 e. The van der Waals surface area contributed by atoms with Gasteiger partial charge in [-0.3, -0.25) is 0 Å². The fourth-order valence-corrected chi connectivity index (χ4v) is 2.76. The Balaban J connectivity index is 1.53. The molecule has 0 N–H and O–H groups in total. The van der Waals surface area contributed by atoms with Gasteiger partial charge in [0.25, 0.3) is 0 Å². The minimum atomic E-state index is -0.265. The van der Waals surface area contributed by atoms with Crippen molar-refractivity contribution < 1.29 is 9.78 Å². The predicted octanol–water partition coefficient (Wildman–Crippen LogP) is 5.34. The zero-order valence-electron chi connectivity index (χ0n) is 14.7. The molecule has 3 heteroatoms. The number of aliphatic imine (C=N–C) groups is 1. The lowest BCUT2D eigenvalue weighted by molar-refractivity contribution is -0.227. The van der Waals surface area contributed by atoms with Gasteiger partial charge < -0.3 is 4.89 Å². The van der Waals surface area contributed by atoms with Gasteiger partial charge in [0.1, 0.15) is 6.61 Å². The fourth-order valence-electron chi connectivity index (χ4n) is 2.76. The second-order valence-electron chi connectivity index (χ2n) is 6.75. The molecule has 0 radical (unpaired) electrons. The van der Waals surface area contributed by atoms with E-state index >= 15 is 0 Å². The summed E-state index contributed by atoms with van der Waals surface area (Å²) in [6.45, 7) is 4.57. The topological polar surface area (TPSA) is 30.8 Å². The van der Waals surface area contributed by atoms with E-state index in [0.717, 1.165) is 12.0 Å². The molecule has 0 fully saturated rings. The summed E-state index contributed by atoms with van der Waals surface area (Å²) in [6, 6.07) is 24.8. The van der Waals surface area contributed by atoms with Gasteiger partial charge in [-0.05, 0) is 42.2 Å². The molecule has 0 unspecified atom stereocenters. The number of fused-ring (bicyclic) bond motifs is 1. The predicted molar refractivity (Wildman–Crippen MR) is 103 cm³/mol. The third kappa shape index (κ3) is 5.16. The Morgan fingerprint density at radius 2 is 1.56 bits per heavy atom. The van der Waals surface area contributed by atoms with Gasteiger partial charge in [0.05, 0.1) is 5.54 Å². The average molecular weight is 333 g/mol. The van der Waals surface area contributed by atoms with E-state index in [1.165, 1.54) is 22.7 Å². The van der Waals surface area contributed by atoms with E-state index in [9.17, 15) is 0 Å². The third-order valence-electron chi connectivity index (χ3n) is 4.03. The molecule has 0 bridgehead atoms. The Bertz CT molecular complexity index is 841. The van der Waals surface area contributed by atoms with Crippen LogP contribution in [0.3, 0.4) is 0 Å². The number of hydrogen-bond acceptors (Lipinski definition) is 3. The Hall–Kier alpha value is -2.65. The monoisotopic (exact) mass is 333 g/mol. The highest BCUT2D eigenvalue weighted by molar-refractivity contribution is 5.83. The lowest BCUT2D eigenvalue weighted by Crippen LogP contribution is -2.20. The summed E-state index contributed by atoms with van der Waals surface area (Å²) in [4.78, 5) is 14.8. The third-order valence-corrected chi connectivity index (χ3v) is 4.03. The summed E-state index contributed by atoms with van der Waals surface area (Å²) in [5.41, 5.74) is 2.05. The van der Waals surface area contributed by atoms with Gasteiger partial charge >= 0.3 is 0 Å². The maximum absolute atomic E-state index is 5.17. The van der Waals surface area contributed by atoms with Crippen LogP contribution in [0.5, 0.6) is 0 Å². The Morgan fingerprint density at radius 1 is 0.840 bits per heavy atom. The van der Waals surface area contributed by atoms with Gasteiger partial charge in [-0.1, -0.05) is 72.8 Å². The molecule has 0 saturated carbocycles. The first-order chi connectivity index (χ1) is 12.1. The van der Waals surface area contributed by atoms with Crippen molar-refractivity contribution in [2.24, 2.45) is 4.99 Å². The van der Waals surface area contributed by atoms with E-state index < -0.39 is 0 Å². The second kappa shape index (κ2) is 7.95. The molecular formula is C22H23NO2. The summed E-state index contributed by atoms with van der Waals surface area (Å²) in [5.74, 6) is 0. The van der Waals surface area contributed by atoms with E-state index in [1.54, 1.807) is 0 Å². The van der Waals surface area contributed by atoms with Crippen molar-refractivity contribution >= 4 is 17.2 Å². The molecule has 3 aromatic rings. The molecule has 3 rings (SSSR count). The quantitative estimate of drug-likeness (QED) is 0.192. The summed E-state index contributed by atoms with van der Waals surface area (Å²) in [7, 11) is 0. The molecule has 0 heterocycles. The normalized spacial score (nSPS) is 11.9. The van der Waals surface area contributed by atoms with Crippen molar-refractivity contribution in [1.82, 2.24) is 0 Å². The zero-order chi connectivity index (χ0) is 17.5. The van der Waals surface area contributed by atoms with Crippen LogP contribution in [0.1, 0.15) is 25.0 Å². The fraction of sp³-hybridized carbons (Fsp3) is 0.227. The van der Waals surface area contributed by atoms with Gasteiger partial charge in [-0.2, -0.15) is 4.89 Å². The molecule has 0 aromatic heterocycles. The lowest BCUT2D eigenvalue weighted by Gasteiger charge is -2.19. The number of rotatable bonds is 7. The molecule has 0 amide bonds. The number of hydrogen-bond donors (Lipinski definition) is 0. The van der Waals surface area contributed by atoms with Gasteiger partial charge in [-0.15, -0.1) is 0 Å². The Labute approximate surface area is 148 Å². The van der Waals surface area contributed by atoms with Crippen LogP contribution in [0.2, 0.25) is 0 Å². The second-order valence-corrected chi connectivity index (χ2v) is 6.75. The van der Waals surface area contributed by atoms with Gasteiger partial charge in [0.15, 0.2) is 0 Å². The molecule has 0 aliphatic heterocycles. The van der Waals surface area contributed by atoms with Crippen molar-refractivity contribution in [2.45, 2.75) is 32.4 Å².